The maximum atomic E-state index is 12.6. The summed E-state index contributed by atoms with van der Waals surface area (Å²) in [5, 5.41) is 3.33. The van der Waals surface area contributed by atoms with Crippen LogP contribution in [0, 0.1) is 5.82 Å². The predicted octanol–water partition coefficient (Wildman–Crippen LogP) is 3.40. The number of benzene rings is 1. The van der Waals surface area contributed by atoms with E-state index in [0.29, 0.717) is 5.56 Å². The topological polar surface area (TPSA) is 48.8 Å². The van der Waals surface area contributed by atoms with E-state index >= 15 is 0 Å². The second kappa shape index (κ2) is 4.09. The van der Waals surface area contributed by atoms with Gasteiger partial charge in [0.2, 0.25) is 0 Å². The molecule has 3 nitrogen and oxygen atoms in total. The highest BCUT2D eigenvalue weighted by Crippen LogP contribution is 2.18. The Balaban J connectivity index is 2.96. The summed E-state index contributed by atoms with van der Waals surface area (Å²) in [6, 6.07) is 4.25. The Morgan fingerprint density at radius 3 is 3.00 bits per heavy atom. The summed E-state index contributed by atoms with van der Waals surface area (Å²) in [6.45, 7) is 0.162. The van der Waals surface area contributed by atoms with Crippen molar-refractivity contribution in [3.8, 4) is 0 Å². The first-order valence-electron chi connectivity index (χ1n) is 3.19. The van der Waals surface area contributed by atoms with Crippen LogP contribution in [0.3, 0.4) is 0 Å². The molecule has 0 aliphatic carbocycles. The lowest BCUT2D eigenvalue weighted by molar-refractivity contribution is 0.625. The summed E-state index contributed by atoms with van der Waals surface area (Å²) in [5.41, 5.74) is 8.68. The number of hydrogen-bond donors (Lipinski definition) is 0. The molecule has 0 heterocycles. The van der Waals surface area contributed by atoms with Crippen molar-refractivity contribution in [3.05, 3.63) is 44.5 Å². The maximum Gasteiger partial charge on any atom is 0.123 e. The van der Waals surface area contributed by atoms with E-state index in [2.05, 4.69) is 26.0 Å². The Hall–Kier alpha value is -1.06. The van der Waals surface area contributed by atoms with Gasteiger partial charge in [0.25, 0.3) is 0 Å². The quantitative estimate of drug-likeness (QED) is 0.424. The van der Waals surface area contributed by atoms with E-state index < -0.39 is 0 Å². The molecule has 0 aromatic heterocycles. The average molecular weight is 230 g/mol. The average Bonchev–Trinajstić information content (AvgIpc) is 2.07. The van der Waals surface area contributed by atoms with Crippen LogP contribution < -0.4 is 0 Å². The van der Waals surface area contributed by atoms with Crippen LogP contribution in [0.2, 0.25) is 0 Å². The van der Waals surface area contributed by atoms with Crippen molar-refractivity contribution in [1.82, 2.24) is 0 Å². The molecule has 1 aromatic carbocycles. The molecule has 0 N–H and O–H groups in total. The van der Waals surface area contributed by atoms with Gasteiger partial charge in [0.1, 0.15) is 5.82 Å². The van der Waals surface area contributed by atoms with Gasteiger partial charge in [0.05, 0.1) is 6.54 Å². The Labute approximate surface area is 77.0 Å². The van der Waals surface area contributed by atoms with Crippen LogP contribution in [0.5, 0.6) is 0 Å². The molecule has 0 radical (unpaired) electrons. The van der Waals surface area contributed by atoms with Gasteiger partial charge >= 0.3 is 0 Å². The van der Waals surface area contributed by atoms with E-state index in [9.17, 15) is 4.39 Å². The monoisotopic (exact) mass is 229 g/mol. The third-order valence-electron chi connectivity index (χ3n) is 1.31. The molecule has 0 saturated carbocycles. The molecule has 0 saturated heterocycles. The molecule has 1 rings (SSSR count). The third kappa shape index (κ3) is 2.22. The summed E-state index contributed by atoms with van der Waals surface area (Å²) in [6.07, 6.45) is 0. The van der Waals surface area contributed by atoms with E-state index in [1.807, 2.05) is 0 Å². The van der Waals surface area contributed by atoms with Gasteiger partial charge in [-0.15, -0.1) is 0 Å². The molecular formula is C7H5BrFN3. The van der Waals surface area contributed by atoms with Crippen molar-refractivity contribution in [2.45, 2.75) is 6.54 Å². The largest absolute Gasteiger partial charge is 0.207 e. The van der Waals surface area contributed by atoms with Crippen LogP contribution in [0.4, 0.5) is 4.39 Å². The Morgan fingerprint density at radius 1 is 1.58 bits per heavy atom. The van der Waals surface area contributed by atoms with Gasteiger partial charge in [0.15, 0.2) is 0 Å². The van der Waals surface area contributed by atoms with E-state index in [1.54, 1.807) is 6.07 Å². The van der Waals surface area contributed by atoms with Crippen molar-refractivity contribution in [2.24, 2.45) is 5.11 Å². The van der Waals surface area contributed by atoms with Crippen molar-refractivity contribution in [3.63, 3.8) is 0 Å². The highest BCUT2D eigenvalue weighted by molar-refractivity contribution is 9.10. The fraction of sp³-hybridized carbons (Fsp3) is 0.143. The second-order valence-electron chi connectivity index (χ2n) is 2.12. The van der Waals surface area contributed by atoms with Gasteiger partial charge < -0.3 is 0 Å². The first kappa shape index (κ1) is 9.03. The Kier molecular flexibility index (Phi) is 3.08. The smallest absolute Gasteiger partial charge is 0.123 e. The van der Waals surface area contributed by atoms with Crippen molar-refractivity contribution in [2.75, 3.05) is 0 Å². The molecule has 0 amide bonds. The van der Waals surface area contributed by atoms with Crippen LogP contribution in [0.25, 0.3) is 10.4 Å². The molecule has 1 aromatic rings. The zero-order valence-electron chi connectivity index (χ0n) is 6.04. The second-order valence-corrected chi connectivity index (χ2v) is 2.98. The molecule has 12 heavy (non-hydrogen) atoms. The van der Waals surface area contributed by atoms with Gasteiger partial charge in [-0.05, 0) is 29.3 Å². The standard InChI is InChI=1S/C7H5BrFN3/c8-7-2-1-6(9)3-5(7)4-11-12-10/h1-3H,4H2. The summed E-state index contributed by atoms with van der Waals surface area (Å²) < 4.78 is 13.4. The molecule has 0 unspecified atom stereocenters. The molecule has 5 heteroatoms. The van der Waals surface area contributed by atoms with Gasteiger partial charge in [0, 0.05) is 9.38 Å². The van der Waals surface area contributed by atoms with Gasteiger partial charge in [-0.1, -0.05) is 21.0 Å². The molecule has 0 bridgehead atoms. The fourth-order valence-electron chi connectivity index (χ4n) is 0.772. The highest BCUT2D eigenvalue weighted by Gasteiger charge is 1.99. The van der Waals surface area contributed by atoms with Gasteiger partial charge in [-0.2, -0.15) is 0 Å². The van der Waals surface area contributed by atoms with Crippen LogP contribution in [0.15, 0.2) is 27.8 Å². The van der Waals surface area contributed by atoms with Crippen LogP contribution >= 0.6 is 15.9 Å². The number of hydrogen-bond acceptors (Lipinski definition) is 1. The third-order valence-corrected chi connectivity index (χ3v) is 2.09. The Morgan fingerprint density at radius 2 is 2.33 bits per heavy atom. The SMILES string of the molecule is [N-]=[N+]=NCc1cc(F)ccc1Br. The molecule has 0 spiro atoms. The highest BCUT2D eigenvalue weighted by atomic mass is 79.9. The zero-order chi connectivity index (χ0) is 8.97. The van der Waals surface area contributed by atoms with Crippen molar-refractivity contribution in [1.29, 1.82) is 0 Å². The predicted molar refractivity (Wildman–Crippen MR) is 47.0 cm³/mol. The minimum absolute atomic E-state index is 0.162. The van der Waals surface area contributed by atoms with E-state index in [0.717, 1.165) is 4.47 Å². The number of nitrogens with zero attached hydrogens (tertiary/aromatic N) is 3. The molecule has 0 aliphatic rings. The molecular weight excluding hydrogens is 225 g/mol. The molecule has 0 fully saturated rings. The van der Waals surface area contributed by atoms with E-state index in [-0.39, 0.29) is 12.4 Å². The van der Waals surface area contributed by atoms with Crippen molar-refractivity contribution < 1.29 is 4.39 Å². The van der Waals surface area contributed by atoms with Crippen LogP contribution in [0.1, 0.15) is 5.56 Å². The normalized spacial score (nSPS) is 9.17. The lowest BCUT2D eigenvalue weighted by atomic mass is 10.2. The summed E-state index contributed by atoms with van der Waals surface area (Å²) in [7, 11) is 0. The van der Waals surface area contributed by atoms with Crippen LogP contribution in [-0.4, -0.2) is 0 Å². The summed E-state index contributed by atoms with van der Waals surface area (Å²) >= 11 is 3.21. The summed E-state index contributed by atoms with van der Waals surface area (Å²) in [5.74, 6) is -0.332. The first-order chi connectivity index (χ1) is 5.74. The number of halogens is 2. The number of azide groups is 1. The Bertz CT molecular complexity index is 333. The maximum absolute atomic E-state index is 12.6. The van der Waals surface area contributed by atoms with Crippen molar-refractivity contribution >= 4 is 15.9 Å². The van der Waals surface area contributed by atoms with E-state index in [4.69, 9.17) is 5.53 Å². The molecule has 0 aliphatic heterocycles. The zero-order valence-corrected chi connectivity index (χ0v) is 7.62. The van der Waals surface area contributed by atoms with E-state index in [1.165, 1.54) is 12.1 Å². The fourth-order valence-corrected chi connectivity index (χ4v) is 1.14. The minimum atomic E-state index is -0.332. The molecule has 62 valence electrons. The van der Waals surface area contributed by atoms with Crippen LogP contribution in [-0.2, 0) is 6.54 Å². The number of rotatable bonds is 2. The molecule has 0 atom stereocenters. The lowest BCUT2D eigenvalue weighted by Gasteiger charge is -1.98. The van der Waals surface area contributed by atoms with Gasteiger partial charge in [-0.3, -0.25) is 0 Å². The van der Waals surface area contributed by atoms with Gasteiger partial charge in [-0.25, -0.2) is 4.39 Å². The summed E-state index contributed by atoms with van der Waals surface area (Å²) in [4.78, 5) is 2.58. The lowest BCUT2D eigenvalue weighted by Crippen LogP contribution is -1.84. The first-order valence-corrected chi connectivity index (χ1v) is 3.98. The minimum Gasteiger partial charge on any atom is -0.207 e.